The Kier molecular flexibility index (Phi) is 5.82. The van der Waals surface area contributed by atoms with E-state index in [2.05, 4.69) is 10.4 Å². The fourth-order valence-electron chi connectivity index (χ4n) is 2.23. The summed E-state index contributed by atoms with van der Waals surface area (Å²) in [6, 6.07) is 0. The summed E-state index contributed by atoms with van der Waals surface area (Å²) < 4.78 is 6.09. The number of aromatic nitrogens is 2. The number of ketones is 1. The Hall–Kier alpha value is -3.08. The summed E-state index contributed by atoms with van der Waals surface area (Å²) >= 11 is 0.977. The van der Waals surface area contributed by atoms with Crippen molar-refractivity contribution in [3.63, 3.8) is 0 Å². The van der Waals surface area contributed by atoms with Crippen LogP contribution in [0.2, 0.25) is 0 Å². The van der Waals surface area contributed by atoms with Crippen molar-refractivity contribution in [3.05, 3.63) is 38.5 Å². The molecule has 2 aromatic rings. The van der Waals surface area contributed by atoms with Gasteiger partial charge in [-0.2, -0.15) is 5.10 Å². The van der Waals surface area contributed by atoms with E-state index >= 15 is 0 Å². The van der Waals surface area contributed by atoms with Crippen LogP contribution in [0.3, 0.4) is 0 Å². The van der Waals surface area contributed by atoms with E-state index in [1.807, 2.05) is 0 Å². The molecular weight excluding hydrogens is 364 g/mol. The highest BCUT2D eigenvalue weighted by Gasteiger charge is 2.25. The SMILES string of the molecule is CCOC(=O)c1c(NC(=O)Cn2cc([N+](=O)[O-])cn2)sc(C(C)=O)c1C. The second-order valence-corrected chi connectivity index (χ2v) is 6.26. The van der Waals surface area contributed by atoms with Crippen molar-refractivity contribution < 1.29 is 24.0 Å². The molecule has 0 unspecified atom stereocenters. The number of thiophene rings is 1. The first-order valence-corrected chi connectivity index (χ1v) is 8.34. The number of hydrogen-bond donors (Lipinski definition) is 1. The Bertz CT molecular complexity index is 885. The number of nitrogens with one attached hydrogen (secondary N) is 1. The number of ether oxygens (including phenoxy) is 1. The molecule has 0 bridgehead atoms. The van der Waals surface area contributed by atoms with Gasteiger partial charge in [-0.05, 0) is 26.3 Å². The van der Waals surface area contributed by atoms with Crippen LogP contribution in [0.4, 0.5) is 10.7 Å². The van der Waals surface area contributed by atoms with Crippen LogP contribution < -0.4 is 5.32 Å². The summed E-state index contributed by atoms with van der Waals surface area (Å²) in [5.41, 5.74) is 0.323. The van der Waals surface area contributed by atoms with E-state index in [9.17, 15) is 24.5 Å². The number of nitrogens with zero attached hydrogens (tertiary/aromatic N) is 3. The first kappa shape index (κ1) is 19.2. The van der Waals surface area contributed by atoms with Crippen molar-refractivity contribution in [3.8, 4) is 0 Å². The van der Waals surface area contributed by atoms with Gasteiger partial charge in [0.1, 0.15) is 23.9 Å². The lowest BCUT2D eigenvalue weighted by atomic mass is 10.1. The number of anilines is 1. The van der Waals surface area contributed by atoms with Gasteiger partial charge in [-0.1, -0.05) is 0 Å². The highest BCUT2D eigenvalue weighted by Crippen LogP contribution is 2.34. The standard InChI is InChI=1S/C15H16N4O6S/c1-4-25-15(22)12-8(2)13(9(3)20)26-14(12)17-11(21)7-18-6-10(5-16-18)19(23)24/h5-6H,4,7H2,1-3H3,(H,17,21). The van der Waals surface area contributed by atoms with Gasteiger partial charge in [0, 0.05) is 0 Å². The van der Waals surface area contributed by atoms with Crippen molar-refractivity contribution in [2.45, 2.75) is 27.3 Å². The van der Waals surface area contributed by atoms with Crippen LogP contribution in [0.5, 0.6) is 0 Å². The second-order valence-electron chi connectivity index (χ2n) is 5.24. The zero-order chi connectivity index (χ0) is 19.4. The van der Waals surface area contributed by atoms with E-state index < -0.39 is 16.8 Å². The molecule has 26 heavy (non-hydrogen) atoms. The van der Waals surface area contributed by atoms with Crippen LogP contribution in [0.15, 0.2) is 12.4 Å². The lowest BCUT2D eigenvalue weighted by molar-refractivity contribution is -0.385. The molecule has 2 heterocycles. The molecule has 0 saturated carbocycles. The van der Waals surface area contributed by atoms with Crippen molar-refractivity contribution >= 4 is 39.7 Å². The third-order valence-electron chi connectivity index (χ3n) is 3.34. The minimum absolute atomic E-state index is 0.127. The van der Waals surface area contributed by atoms with Crippen LogP contribution >= 0.6 is 11.3 Å². The largest absolute Gasteiger partial charge is 0.462 e. The second kappa shape index (κ2) is 7.87. The Morgan fingerprint density at radius 2 is 2.12 bits per heavy atom. The van der Waals surface area contributed by atoms with Crippen LogP contribution in [-0.4, -0.2) is 39.0 Å². The number of amides is 1. The zero-order valence-corrected chi connectivity index (χ0v) is 15.1. The molecule has 0 aliphatic carbocycles. The van der Waals surface area contributed by atoms with Crippen LogP contribution in [-0.2, 0) is 16.1 Å². The van der Waals surface area contributed by atoms with Gasteiger partial charge in [0.15, 0.2) is 5.78 Å². The van der Waals surface area contributed by atoms with Crippen molar-refractivity contribution in [1.29, 1.82) is 0 Å². The number of rotatable bonds is 7. The Morgan fingerprint density at radius 1 is 1.42 bits per heavy atom. The number of esters is 1. The average Bonchev–Trinajstić information content (AvgIpc) is 3.12. The summed E-state index contributed by atoms with van der Waals surface area (Å²) in [6.45, 7) is 4.47. The van der Waals surface area contributed by atoms with Gasteiger partial charge in [0.05, 0.1) is 22.0 Å². The van der Waals surface area contributed by atoms with Crippen molar-refractivity contribution in [2.24, 2.45) is 0 Å². The molecule has 0 saturated heterocycles. The maximum absolute atomic E-state index is 12.2. The van der Waals surface area contributed by atoms with Crippen LogP contribution in [0.1, 0.15) is 39.4 Å². The molecule has 138 valence electrons. The number of nitro groups is 1. The number of Topliss-reactive ketones (excluding diaryl/α,β-unsaturated/α-hetero) is 1. The first-order valence-electron chi connectivity index (χ1n) is 7.52. The number of carbonyl (C=O) groups is 3. The maximum Gasteiger partial charge on any atom is 0.341 e. The van der Waals surface area contributed by atoms with E-state index in [1.54, 1.807) is 13.8 Å². The van der Waals surface area contributed by atoms with E-state index in [1.165, 1.54) is 6.92 Å². The fraction of sp³-hybridized carbons (Fsp3) is 0.333. The molecular formula is C15H16N4O6S. The highest BCUT2D eigenvalue weighted by atomic mass is 32.1. The summed E-state index contributed by atoms with van der Waals surface area (Å²) in [4.78, 5) is 46.5. The van der Waals surface area contributed by atoms with Gasteiger partial charge in [-0.3, -0.25) is 24.4 Å². The third-order valence-corrected chi connectivity index (χ3v) is 4.64. The quantitative estimate of drug-likeness (QED) is 0.337. The molecule has 0 aliphatic rings. The van der Waals surface area contributed by atoms with Gasteiger partial charge in [0.25, 0.3) is 0 Å². The molecule has 0 atom stereocenters. The van der Waals surface area contributed by atoms with Gasteiger partial charge >= 0.3 is 11.7 Å². The van der Waals surface area contributed by atoms with Crippen LogP contribution in [0, 0.1) is 17.0 Å². The zero-order valence-electron chi connectivity index (χ0n) is 14.3. The van der Waals surface area contributed by atoms with Gasteiger partial charge in [-0.25, -0.2) is 4.79 Å². The van der Waals surface area contributed by atoms with Gasteiger partial charge in [0.2, 0.25) is 5.91 Å². The van der Waals surface area contributed by atoms with Crippen molar-refractivity contribution in [1.82, 2.24) is 9.78 Å². The van der Waals surface area contributed by atoms with E-state index in [0.717, 1.165) is 28.4 Å². The van der Waals surface area contributed by atoms with E-state index in [0.29, 0.717) is 10.4 Å². The smallest absolute Gasteiger partial charge is 0.341 e. The molecule has 0 fully saturated rings. The van der Waals surface area contributed by atoms with Gasteiger partial charge in [-0.15, -0.1) is 11.3 Å². The molecule has 11 heteroatoms. The molecule has 0 aliphatic heterocycles. The predicted octanol–water partition coefficient (Wildman–Crippen LogP) is 2.18. The first-order chi connectivity index (χ1) is 12.2. The lowest BCUT2D eigenvalue weighted by Gasteiger charge is -2.07. The monoisotopic (exact) mass is 380 g/mol. The maximum atomic E-state index is 12.2. The molecule has 0 aromatic carbocycles. The average molecular weight is 380 g/mol. The minimum atomic E-state index is -0.640. The van der Waals surface area contributed by atoms with E-state index in [4.69, 9.17) is 4.74 Å². The van der Waals surface area contributed by atoms with Crippen LogP contribution in [0.25, 0.3) is 0 Å². The normalized spacial score (nSPS) is 10.4. The van der Waals surface area contributed by atoms with Gasteiger partial charge < -0.3 is 10.1 Å². The summed E-state index contributed by atoms with van der Waals surface area (Å²) in [5.74, 6) is -1.43. The number of carbonyl (C=O) groups excluding carboxylic acids is 3. The molecule has 10 nitrogen and oxygen atoms in total. The fourth-order valence-corrected chi connectivity index (χ4v) is 3.34. The molecule has 1 N–H and O–H groups in total. The van der Waals surface area contributed by atoms with Crippen molar-refractivity contribution in [2.75, 3.05) is 11.9 Å². The van der Waals surface area contributed by atoms with E-state index in [-0.39, 0.29) is 35.2 Å². The highest BCUT2D eigenvalue weighted by molar-refractivity contribution is 7.18. The Morgan fingerprint density at radius 3 is 2.65 bits per heavy atom. The third kappa shape index (κ3) is 4.11. The molecule has 1 amide bonds. The topological polar surface area (TPSA) is 133 Å². The summed E-state index contributed by atoms with van der Waals surface area (Å²) in [5, 5.41) is 17.1. The summed E-state index contributed by atoms with van der Waals surface area (Å²) in [7, 11) is 0. The molecule has 0 radical (unpaired) electrons. The predicted molar refractivity (Wildman–Crippen MR) is 92.5 cm³/mol. The molecule has 2 aromatic heterocycles. The lowest BCUT2D eigenvalue weighted by Crippen LogP contribution is -2.20. The molecule has 0 spiro atoms. The molecule has 2 rings (SSSR count). The summed E-state index contributed by atoms with van der Waals surface area (Å²) in [6.07, 6.45) is 2.15. The Balaban J connectivity index is 2.24. The number of hydrogen-bond acceptors (Lipinski definition) is 8. The minimum Gasteiger partial charge on any atom is -0.462 e. The Labute approximate surface area is 151 Å².